The van der Waals surface area contributed by atoms with Gasteiger partial charge in [-0.15, -0.1) is 0 Å². The number of nitrogens with zero attached hydrogens (tertiary/aromatic N) is 2. The normalized spacial score (nSPS) is 22.2. The van der Waals surface area contributed by atoms with Gasteiger partial charge >= 0.3 is 0 Å². The standard InChI is InChI=1S/C14H24N4O/c1-14(2)6-4-7-16-12(14)13(19)17-8-5-11-15-9-10-18(11)3/h9-10,12,16H,4-8H2,1-3H3,(H,17,19). The maximum atomic E-state index is 12.2. The largest absolute Gasteiger partial charge is 0.354 e. The van der Waals surface area contributed by atoms with Crippen LogP contribution in [0.5, 0.6) is 0 Å². The van der Waals surface area contributed by atoms with Crippen LogP contribution in [-0.4, -0.2) is 34.6 Å². The van der Waals surface area contributed by atoms with Crippen LogP contribution < -0.4 is 10.6 Å². The van der Waals surface area contributed by atoms with Crippen LogP contribution in [0.3, 0.4) is 0 Å². The molecule has 0 aromatic carbocycles. The molecule has 1 aromatic rings. The van der Waals surface area contributed by atoms with Crippen LogP contribution in [0.4, 0.5) is 0 Å². The van der Waals surface area contributed by atoms with E-state index in [0.717, 1.165) is 31.6 Å². The molecule has 1 aromatic heterocycles. The fourth-order valence-electron chi connectivity index (χ4n) is 2.70. The van der Waals surface area contributed by atoms with E-state index in [1.165, 1.54) is 0 Å². The fourth-order valence-corrected chi connectivity index (χ4v) is 2.70. The van der Waals surface area contributed by atoms with E-state index in [2.05, 4.69) is 29.5 Å². The number of aryl methyl sites for hydroxylation is 1. The minimum Gasteiger partial charge on any atom is -0.354 e. The van der Waals surface area contributed by atoms with Gasteiger partial charge < -0.3 is 15.2 Å². The molecule has 1 atom stereocenters. The molecule has 0 saturated carbocycles. The van der Waals surface area contributed by atoms with Crippen molar-refractivity contribution in [2.45, 2.75) is 39.2 Å². The van der Waals surface area contributed by atoms with Gasteiger partial charge in [-0.1, -0.05) is 13.8 Å². The average Bonchev–Trinajstić information content (AvgIpc) is 2.74. The molecule has 5 nitrogen and oxygen atoms in total. The van der Waals surface area contributed by atoms with E-state index in [4.69, 9.17) is 0 Å². The number of rotatable bonds is 4. The zero-order valence-electron chi connectivity index (χ0n) is 12.1. The number of amides is 1. The highest BCUT2D eigenvalue weighted by Crippen LogP contribution is 2.29. The van der Waals surface area contributed by atoms with Gasteiger partial charge in [-0.3, -0.25) is 4.79 Å². The van der Waals surface area contributed by atoms with Gasteiger partial charge in [0.1, 0.15) is 5.82 Å². The number of hydrogen-bond donors (Lipinski definition) is 2. The zero-order chi connectivity index (χ0) is 13.9. The van der Waals surface area contributed by atoms with E-state index in [-0.39, 0.29) is 17.4 Å². The van der Waals surface area contributed by atoms with Crippen molar-refractivity contribution in [1.29, 1.82) is 0 Å². The van der Waals surface area contributed by atoms with Crippen LogP contribution in [0.25, 0.3) is 0 Å². The molecule has 1 amide bonds. The van der Waals surface area contributed by atoms with E-state index in [0.29, 0.717) is 6.54 Å². The Bertz CT molecular complexity index is 438. The van der Waals surface area contributed by atoms with Gasteiger partial charge in [0.2, 0.25) is 5.91 Å². The lowest BCUT2D eigenvalue weighted by atomic mass is 9.77. The quantitative estimate of drug-likeness (QED) is 0.848. The summed E-state index contributed by atoms with van der Waals surface area (Å²) in [5.41, 5.74) is 0.0333. The molecule has 106 valence electrons. The monoisotopic (exact) mass is 264 g/mol. The fraction of sp³-hybridized carbons (Fsp3) is 0.714. The molecule has 0 radical (unpaired) electrons. The van der Waals surface area contributed by atoms with E-state index >= 15 is 0 Å². The predicted molar refractivity (Wildman–Crippen MR) is 74.7 cm³/mol. The van der Waals surface area contributed by atoms with Crippen LogP contribution in [0.2, 0.25) is 0 Å². The molecular formula is C14H24N4O. The Morgan fingerprint density at radius 2 is 2.42 bits per heavy atom. The highest BCUT2D eigenvalue weighted by molar-refractivity contribution is 5.82. The van der Waals surface area contributed by atoms with E-state index in [1.807, 2.05) is 17.8 Å². The molecule has 19 heavy (non-hydrogen) atoms. The summed E-state index contributed by atoms with van der Waals surface area (Å²) in [5, 5.41) is 6.35. The van der Waals surface area contributed by atoms with Gasteiger partial charge in [0.15, 0.2) is 0 Å². The van der Waals surface area contributed by atoms with Gasteiger partial charge in [-0.2, -0.15) is 0 Å². The third-order valence-corrected chi connectivity index (χ3v) is 3.96. The third kappa shape index (κ3) is 3.35. The molecule has 2 N–H and O–H groups in total. The second kappa shape index (κ2) is 5.74. The average molecular weight is 264 g/mol. The lowest BCUT2D eigenvalue weighted by Gasteiger charge is -2.38. The van der Waals surface area contributed by atoms with Crippen molar-refractivity contribution < 1.29 is 4.79 Å². The smallest absolute Gasteiger partial charge is 0.237 e. The summed E-state index contributed by atoms with van der Waals surface area (Å²) < 4.78 is 1.98. The summed E-state index contributed by atoms with van der Waals surface area (Å²) in [7, 11) is 1.97. The Balaban J connectivity index is 1.82. The van der Waals surface area contributed by atoms with Crippen LogP contribution in [0, 0.1) is 5.41 Å². The number of aromatic nitrogens is 2. The van der Waals surface area contributed by atoms with Crippen molar-refractivity contribution in [1.82, 2.24) is 20.2 Å². The topological polar surface area (TPSA) is 59.0 Å². The maximum Gasteiger partial charge on any atom is 0.237 e. The van der Waals surface area contributed by atoms with Crippen molar-refractivity contribution in [3.05, 3.63) is 18.2 Å². The number of nitrogens with one attached hydrogen (secondary N) is 2. The van der Waals surface area contributed by atoms with Gasteiger partial charge in [0.25, 0.3) is 0 Å². The molecule has 5 heteroatoms. The van der Waals surface area contributed by atoms with Crippen LogP contribution in [-0.2, 0) is 18.3 Å². The molecule has 0 spiro atoms. The van der Waals surface area contributed by atoms with E-state index < -0.39 is 0 Å². The van der Waals surface area contributed by atoms with Gasteiger partial charge in [-0.25, -0.2) is 4.98 Å². The molecule has 1 saturated heterocycles. The number of carbonyl (C=O) groups is 1. The Hall–Kier alpha value is -1.36. The lowest BCUT2D eigenvalue weighted by molar-refractivity contribution is -0.126. The molecular weight excluding hydrogens is 240 g/mol. The Morgan fingerprint density at radius 1 is 1.63 bits per heavy atom. The second-order valence-corrected chi connectivity index (χ2v) is 5.97. The summed E-state index contributed by atoms with van der Waals surface area (Å²) in [6, 6.07) is -0.0809. The van der Waals surface area contributed by atoms with Gasteiger partial charge in [0.05, 0.1) is 6.04 Å². The molecule has 0 bridgehead atoms. The van der Waals surface area contributed by atoms with Crippen LogP contribution in [0.15, 0.2) is 12.4 Å². The first kappa shape index (κ1) is 14.1. The van der Waals surface area contributed by atoms with Crippen molar-refractivity contribution in [2.75, 3.05) is 13.1 Å². The first-order valence-corrected chi connectivity index (χ1v) is 6.98. The third-order valence-electron chi connectivity index (χ3n) is 3.96. The summed E-state index contributed by atoms with van der Waals surface area (Å²) in [6.07, 6.45) is 6.70. The minimum absolute atomic E-state index is 0.0333. The maximum absolute atomic E-state index is 12.2. The molecule has 1 fully saturated rings. The van der Waals surface area contributed by atoms with Crippen molar-refractivity contribution in [3.63, 3.8) is 0 Å². The molecule has 0 aliphatic carbocycles. The van der Waals surface area contributed by atoms with E-state index in [1.54, 1.807) is 6.20 Å². The molecule has 1 aliphatic rings. The highest BCUT2D eigenvalue weighted by Gasteiger charge is 2.36. The second-order valence-electron chi connectivity index (χ2n) is 5.97. The van der Waals surface area contributed by atoms with Gasteiger partial charge in [-0.05, 0) is 24.8 Å². The van der Waals surface area contributed by atoms with Gasteiger partial charge in [0, 0.05) is 32.4 Å². The summed E-state index contributed by atoms with van der Waals surface area (Å²) in [6.45, 7) is 5.88. The summed E-state index contributed by atoms with van der Waals surface area (Å²) >= 11 is 0. The zero-order valence-corrected chi connectivity index (χ0v) is 12.1. The van der Waals surface area contributed by atoms with E-state index in [9.17, 15) is 4.79 Å². The molecule has 2 heterocycles. The Kier molecular flexibility index (Phi) is 4.24. The first-order valence-electron chi connectivity index (χ1n) is 6.98. The molecule has 2 rings (SSSR count). The molecule has 1 unspecified atom stereocenters. The van der Waals surface area contributed by atoms with Crippen LogP contribution in [0.1, 0.15) is 32.5 Å². The van der Waals surface area contributed by atoms with Crippen molar-refractivity contribution >= 4 is 5.91 Å². The molecule has 1 aliphatic heterocycles. The summed E-state index contributed by atoms with van der Waals surface area (Å²) in [4.78, 5) is 16.5. The Morgan fingerprint density at radius 3 is 3.05 bits per heavy atom. The lowest BCUT2D eigenvalue weighted by Crippen LogP contribution is -2.55. The van der Waals surface area contributed by atoms with Crippen LogP contribution >= 0.6 is 0 Å². The minimum atomic E-state index is -0.0809. The number of piperidine rings is 1. The Labute approximate surface area is 114 Å². The SMILES string of the molecule is Cn1ccnc1CCNC(=O)C1NCCCC1(C)C. The first-order chi connectivity index (χ1) is 9.00. The van der Waals surface area contributed by atoms with Crippen molar-refractivity contribution in [3.8, 4) is 0 Å². The predicted octanol–water partition coefficient (Wildman–Crippen LogP) is 0.857. The number of hydrogen-bond acceptors (Lipinski definition) is 3. The highest BCUT2D eigenvalue weighted by atomic mass is 16.2. The number of imidazole rings is 1. The summed E-state index contributed by atoms with van der Waals surface area (Å²) in [5.74, 6) is 1.11. The number of carbonyl (C=O) groups excluding carboxylic acids is 1. The van der Waals surface area contributed by atoms with Crippen molar-refractivity contribution in [2.24, 2.45) is 12.5 Å².